The van der Waals surface area contributed by atoms with Crippen molar-refractivity contribution in [1.82, 2.24) is 0 Å². The number of hydrogen-bond acceptors (Lipinski definition) is 2. The van der Waals surface area contributed by atoms with E-state index in [0.29, 0.717) is 12.3 Å². The van der Waals surface area contributed by atoms with Crippen LogP contribution in [0.4, 0.5) is 0 Å². The quantitative estimate of drug-likeness (QED) is 0.708. The Morgan fingerprint density at radius 1 is 1.59 bits per heavy atom. The molecule has 0 aromatic rings. The number of hydrogen-bond donors (Lipinski definition) is 1. The van der Waals surface area contributed by atoms with E-state index >= 15 is 0 Å². The number of carbonyl (C=O) groups is 1. The summed E-state index contributed by atoms with van der Waals surface area (Å²) < 4.78 is 0. The highest BCUT2D eigenvalue weighted by atomic mass is 16.3. The van der Waals surface area contributed by atoms with E-state index < -0.39 is 0 Å². The molecular weight excluding hydrogens is 212 g/mol. The molecule has 0 unspecified atom stereocenters. The first-order valence-corrected chi connectivity index (χ1v) is 6.43. The second-order valence-corrected chi connectivity index (χ2v) is 6.09. The van der Waals surface area contributed by atoms with Crippen LogP contribution in [-0.2, 0) is 4.79 Å². The average molecular weight is 234 g/mol. The Kier molecular flexibility index (Phi) is 3.03. The number of rotatable bonds is 1. The van der Waals surface area contributed by atoms with E-state index in [4.69, 9.17) is 0 Å². The molecule has 0 aromatic carbocycles. The second-order valence-electron chi connectivity index (χ2n) is 6.09. The zero-order valence-corrected chi connectivity index (χ0v) is 11.0. The minimum absolute atomic E-state index is 0.0264. The van der Waals surface area contributed by atoms with Crippen molar-refractivity contribution in [3.8, 4) is 0 Å². The summed E-state index contributed by atoms with van der Waals surface area (Å²) in [5.74, 6) is 0.570. The molecule has 0 amide bonds. The lowest BCUT2D eigenvalue weighted by Gasteiger charge is -2.47. The molecule has 2 aliphatic rings. The predicted octanol–water partition coefficient (Wildman–Crippen LogP) is 2.88. The van der Waals surface area contributed by atoms with E-state index in [-0.39, 0.29) is 23.2 Å². The fourth-order valence-corrected chi connectivity index (χ4v) is 3.33. The van der Waals surface area contributed by atoms with E-state index in [1.807, 2.05) is 6.92 Å². The van der Waals surface area contributed by atoms with Crippen molar-refractivity contribution in [3.05, 3.63) is 23.8 Å². The van der Waals surface area contributed by atoms with Crippen molar-refractivity contribution in [1.29, 1.82) is 0 Å². The van der Waals surface area contributed by atoms with Gasteiger partial charge in [0.2, 0.25) is 0 Å². The van der Waals surface area contributed by atoms with E-state index in [9.17, 15) is 9.90 Å². The molecule has 2 nitrogen and oxygen atoms in total. The van der Waals surface area contributed by atoms with Crippen LogP contribution in [0.1, 0.15) is 40.0 Å². The molecule has 4 atom stereocenters. The Bertz CT molecular complexity index is 394. The van der Waals surface area contributed by atoms with E-state index in [1.165, 1.54) is 0 Å². The maximum absolute atomic E-state index is 12.0. The SMILES string of the molecule is C=C(C)[C@@H]1C[C@@]2(C)C(=CC1=O)C[C@@H](O)C[C@@H]2C. The highest BCUT2D eigenvalue weighted by Gasteiger charge is 2.46. The third kappa shape index (κ3) is 1.99. The first-order chi connectivity index (χ1) is 7.84. The normalized spacial score (nSPS) is 41.8. The minimum Gasteiger partial charge on any atom is -0.393 e. The van der Waals surface area contributed by atoms with Crippen molar-refractivity contribution in [2.45, 2.75) is 46.1 Å². The molecule has 0 heterocycles. The van der Waals surface area contributed by atoms with Crippen LogP contribution in [0.3, 0.4) is 0 Å². The van der Waals surface area contributed by atoms with Crippen molar-refractivity contribution in [2.24, 2.45) is 17.3 Å². The van der Waals surface area contributed by atoms with Crippen LogP contribution in [-0.4, -0.2) is 17.0 Å². The molecule has 1 fully saturated rings. The molecule has 0 radical (unpaired) electrons. The van der Waals surface area contributed by atoms with Gasteiger partial charge in [-0.15, -0.1) is 0 Å². The minimum atomic E-state index is -0.279. The first kappa shape index (κ1) is 12.6. The zero-order chi connectivity index (χ0) is 12.8. The topological polar surface area (TPSA) is 37.3 Å². The Hall–Kier alpha value is -0.890. The van der Waals surface area contributed by atoms with Crippen molar-refractivity contribution >= 4 is 5.78 Å². The lowest BCUT2D eigenvalue weighted by atomic mass is 9.57. The summed E-state index contributed by atoms with van der Waals surface area (Å²) in [6.45, 7) is 10.3. The molecule has 0 aliphatic heterocycles. The monoisotopic (exact) mass is 234 g/mol. The lowest BCUT2D eigenvalue weighted by Crippen LogP contribution is -2.42. The highest BCUT2D eigenvalue weighted by Crippen LogP contribution is 2.52. The summed E-state index contributed by atoms with van der Waals surface area (Å²) in [7, 11) is 0. The van der Waals surface area contributed by atoms with Gasteiger partial charge in [0.15, 0.2) is 5.78 Å². The van der Waals surface area contributed by atoms with Gasteiger partial charge in [-0.3, -0.25) is 4.79 Å². The average Bonchev–Trinajstić information content (AvgIpc) is 2.20. The third-order valence-electron chi connectivity index (χ3n) is 4.79. The van der Waals surface area contributed by atoms with Crippen molar-refractivity contribution in [2.75, 3.05) is 0 Å². The smallest absolute Gasteiger partial charge is 0.162 e. The fraction of sp³-hybridized carbons (Fsp3) is 0.667. The van der Waals surface area contributed by atoms with Gasteiger partial charge in [0.1, 0.15) is 0 Å². The molecule has 1 saturated carbocycles. The van der Waals surface area contributed by atoms with Crippen LogP contribution in [0, 0.1) is 17.3 Å². The molecular formula is C15H22O2. The summed E-state index contributed by atoms with van der Waals surface area (Å²) in [4.78, 5) is 12.0. The highest BCUT2D eigenvalue weighted by molar-refractivity contribution is 5.95. The first-order valence-electron chi connectivity index (χ1n) is 6.43. The van der Waals surface area contributed by atoms with Gasteiger partial charge in [0, 0.05) is 5.92 Å². The largest absolute Gasteiger partial charge is 0.393 e. The summed E-state index contributed by atoms with van der Waals surface area (Å²) in [5.41, 5.74) is 2.17. The maximum Gasteiger partial charge on any atom is 0.162 e. The van der Waals surface area contributed by atoms with Crippen LogP contribution < -0.4 is 0 Å². The molecule has 2 aliphatic carbocycles. The van der Waals surface area contributed by atoms with Gasteiger partial charge in [0.05, 0.1) is 6.10 Å². The van der Waals surface area contributed by atoms with E-state index in [2.05, 4.69) is 20.4 Å². The van der Waals surface area contributed by atoms with Crippen LogP contribution in [0.5, 0.6) is 0 Å². The molecule has 94 valence electrons. The predicted molar refractivity (Wildman–Crippen MR) is 68.5 cm³/mol. The molecule has 1 N–H and O–H groups in total. The van der Waals surface area contributed by atoms with Crippen LogP contribution in [0.2, 0.25) is 0 Å². The van der Waals surface area contributed by atoms with Crippen LogP contribution >= 0.6 is 0 Å². The van der Waals surface area contributed by atoms with Gasteiger partial charge in [-0.1, -0.05) is 31.6 Å². The van der Waals surface area contributed by atoms with Crippen molar-refractivity contribution in [3.63, 3.8) is 0 Å². The standard InChI is InChI=1S/C15H22O2/c1-9(2)13-8-15(4)10(3)5-12(16)6-11(15)7-14(13)17/h7,10,12-13,16H,1,5-6,8H2,2-4H3/t10-,12-,13-,15+/m0/s1. The Labute approximate surface area is 103 Å². The Morgan fingerprint density at radius 3 is 2.82 bits per heavy atom. The van der Waals surface area contributed by atoms with Crippen LogP contribution in [0.15, 0.2) is 23.8 Å². The molecule has 17 heavy (non-hydrogen) atoms. The second kappa shape index (κ2) is 4.09. The Morgan fingerprint density at radius 2 is 2.24 bits per heavy atom. The molecule has 0 aromatic heterocycles. The summed E-state index contributed by atoms with van der Waals surface area (Å²) in [6.07, 6.45) is 3.86. The summed E-state index contributed by atoms with van der Waals surface area (Å²) in [6, 6.07) is 0. The third-order valence-corrected chi connectivity index (χ3v) is 4.79. The number of aliphatic hydroxyl groups excluding tert-OH is 1. The van der Waals surface area contributed by atoms with Gasteiger partial charge in [-0.05, 0) is 43.6 Å². The van der Waals surface area contributed by atoms with E-state index in [1.54, 1.807) is 6.08 Å². The fourth-order valence-electron chi connectivity index (χ4n) is 3.33. The van der Waals surface area contributed by atoms with E-state index in [0.717, 1.165) is 24.0 Å². The van der Waals surface area contributed by atoms with Crippen LogP contribution in [0.25, 0.3) is 0 Å². The van der Waals surface area contributed by atoms with Gasteiger partial charge in [-0.25, -0.2) is 0 Å². The Balaban J connectivity index is 2.38. The summed E-state index contributed by atoms with van der Waals surface area (Å²) >= 11 is 0. The lowest BCUT2D eigenvalue weighted by molar-refractivity contribution is -0.119. The number of fused-ring (bicyclic) bond motifs is 1. The molecule has 0 spiro atoms. The van der Waals surface area contributed by atoms with Crippen molar-refractivity contribution < 1.29 is 9.90 Å². The molecule has 0 bridgehead atoms. The number of ketones is 1. The molecule has 0 saturated heterocycles. The number of allylic oxidation sites excluding steroid dienone is 2. The van der Waals surface area contributed by atoms with Gasteiger partial charge < -0.3 is 5.11 Å². The maximum atomic E-state index is 12.0. The van der Waals surface area contributed by atoms with Gasteiger partial charge in [0.25, 0.3) is 0 Å². The van der Waals surface area contributed by atoms with Gasteiger partial charge in [-0.2, -0.15) is 0 Å². The van der Waals surface area contributed by atoms with Gasteiger partial charge >= 0.3 is 0 Å². The number of carbonyl (C=O) groups excluding carboxylic acids is 1. The number of aliphatic hydroxyl groups is 1. The molecule has 2 heteroatoms. The zero-order valence-electron chi connectivity index (χ0n) is 11.0. The molecule has 2 rings (SSSR count). The summed E-state index contributed by atoms with van der Waals surface area (Å²) in [5, 5.41) is 9.82.